The SMILES string of the molecule is CCOC(CCNC(=NC)NCc1coc(-c2cccs2)n1)C(C)C. The van der Waals surface area contributed by atoms with E-state index in [-0.39, 0.29) is 6.10 Å². The molecular weight excluding hydrogens is 336 g/mol. The molecule has 0 saturated heterocycles. The summed E-state index contributed by atoms with van der Waals surface area (Å²) in [4.78, 5) is 9.77. The summed E-state index contributed by atoms with van der Waals surface area (Å²) < 4.78 is 11.3. The molecule has 2 rings (SSSR count). The largest absolute Gasteiger partial charge is 0.443 e. The van der Waals surface area contributed by atoms with Crippen LogP contribution in [0.3, 0.4) is 0 Å². The minimum atomic E-state index is 0.263. The van der Waals surface area contributed by atoms with Gasteiger partial charge in [0.2, 0.25) is 5.89 Å². The molecule has 7 heteroatoms. The number of nitrogens with one attached hydrogen (secondary N) is 2. The van der Waals surface area contributed by atoms with Crippen molar-refractivity contribution < 1.29 is 9.15 Å². The van der Waals surface area contributed by atoms with Gasteiger partial charge in [-0.25, -0.2) is 4.98 Å². The van der Waals surface area contributed by atoms with Crippen LogP contribution in [-0.2, 0) is 11.3 Å². The van der Waals surface area contributed by atoms with Gasteiger partial charge in [0.1, 0.15) is 6.26 Å². The minimum absolute atomic E-state index is 0.263. The Balaban J connectivity index is 1.77. The van der Waals surface area contributed by atoms with Crippen molar-refractivity contribution in [3.8, 4) is 10.8 Å². The molecule has 2 heterocycles. The Morgan fingerprint density at radius 1 is 1.40 bits per heavy atom. The highest BCUT2D eigenvalue weighted by atomic mass is 32.1. The lowest BCUT2D eigenvalue weighted by atomic mass is 10.0. The number of aromatic nitrogens is 1. The number of thiophene rings is 1. The Hall–Kier alpha value is -1.86. The van der Waals surface area contributed by atoms with E-state index in [0.29, 0.717) is 18.4 Å². The number of aliphatic imine (C=N–C) groups is 1. The Morgan fingerprint density at radius 2 is 2.24 bits per heavy atom. The number of guanidine groups is 1. The smallest absolute Gasteiger partial charge is 0.236 e. The molecule has 0 amide bonds. The van der Waals surface area contributed by atoms with Gasteiger partial charge in [-0.2, -0.15) is 0 Å². The molecule has 0 bridgehead atoms. The van der Waals surface area contributed by atoms with Gasteiger partial charge in [0, 0.05) is 20.2 Å². The van der Waals surface area contributed by atoms with Crippen LogP contribution in [0.2, 0.25) is 0 Å². The fraction of sp³-hybridized carbons (Fsp3) is 0.556. The van der Waals surface area contributed by atoms with E-state index in [1.54, 1.807) is 24.6 Å². The maximum absolute atomic E-state index is 5.76. The standard InChI is InChI=1S/C18H28N4O2S/c1-5-23-15(13(2)3)8-9-20-18(19-4)21-11-14-12-24-17(22-14)16-7-6-10-25-16/h6-7,10,12-13,15H,5,8-9,11H2,1-4H3,(H2,19,20,21). The van der Waals surface area contributed by atoms with E-state index in [1.165, 1.54) is 0 Å². The summed E-state index contributed by atoms with van der Waals surface area (Å²) in [5, 5.41) is 8.59. The van der Waals surface area contributed by atoms with Crippen LogP contribution in [0.25, 0.3) is 10.8 Å². The van der Waals surface area contributed by atoms with Crippen molar-refractivity contribution in [2.75, 3.05) is 20.2 Å². The second-order valence-electron chi connectivity index (χ2n) is 6.00. The molecular formula is C18H28N4O2S. The van der Waals surface area contributed by atoms with Crippen LogP contribution in [0, 0.1) is 5.92 Å². The third-order valence-corrected chi connectivity index (χ3v) is 4.65. The predicted octanol–water partition coefficient (Wildman–Crippen LogP) is 3.52. The van der Waals surface area contributed by atoms with Gasteiger partial charge < -0.3 is 19.8 Å². The van der Waals surface area contributed by atoms with Gasteiger partial charge in [0.05, 0.1) is 23.2 Å². The third-order valence-electron chi connectivity index (χ3n) is 3.79. The van der Waals surface area contributed by atoms with Crippen LogP contribution in [0.5, 0.6) is 0 Å². The van der Waals surface area contributed by atoms with Gasteiger partial charge >= 0.3 is 0 Å². The van der Waals surface area contributed by atoms with Crippen LogP contribution < -0.4 is 10.6 Å². The number of ether oxygens (including phenoxy) is 1. The van der Waals surface area contributed by atoms with E-state index < -0.39 is 0 Å². The number of nitrogens with zero attached hydrogens (tertiary/aromatic N) is 2. The van der Waals surface area contributed by atoms with Gasteiger partial charge in [-0.05, 0) is 30.7 Å². The number of hydrogen-bond acceptors (Lipinski definition) is 5. The number of oxazole rings is 1. The fourth-order valence-electron chi connectivity index (χ4n) is 2.45. The quantitative estimate of drug-likeness (QED) is 0.526. The first-order valence-electron chi connectivity index (χ1n) is 8.68. The first-order chi connectivity index (χ1) is 12.1. The summed E-state index contributed by atoms with van der Waals surface area (Å²) in [6, 6.07) is 3.98. The Morgan fingerprint density at radius 3 is 2.88 bits per heavy atom. The summed E-state index contributed by atoms with van der Waals surface area (Å²) >= 11 is 1.61. The van der Waals surface area contributed by atoms with Gasteiger partial charge in [-0.1, -0.05) is 19.9 Å². The van der Waals surface area contributed by atoms with Gasteiger partial charge in [-0.15, -0.1) is 11.3 Å². The second kappa shape index (κ2) is 10.2. The average Bonchev–Trinajstić information content (AvgIpc) is 3.27. The Labute approximate surface area is 153 Å². The zero-order valence-corrected chi connectivity index (χ0v) is 16.2. The topological polar surface area (TPSA) is 71.7 Å². The molecule has 0 aliphatic carbocycles. The van der Waals surface area contributed by atoms with Crippen molar-refractivity contribution in [3.05, 3.63) is 29.5 Å². The predicted molar refractivity (Wildman–Crippen MR) is 103 cm³/mol. The first-order valence-corrected chi connectivity index (χ1v) is 9.56. The highest BCUT2D eigenvalue weighted by Crippen LogP contribution is 2.23. The lowest BCUT2D eigenvalue weighted by Gasteiger charge is -2.21. The molecule has 0 spiro atoms. The second-order valence-corrected chi connectivity index (χ2v) is 6.95. The zero-order chi connectivity index (χ0) is 18.1. The molecule has 2 aromatic rings. The molecule has 2 aromatic heterocycles. The molecule has 6 nitrogen and oxygen atoms in total. The summed E-state index contributed by atoms with van der Waals surface area (Å²) in [6.07, 6.45) is 2.89. The Bertz CT molecular complexity index is 637. The van der Waals surface area contributed by atoms with Gasteiger partial charge in [0.15, 0.2) is 5.96 Å². The van der Waals surface area contributed by atoms with E-state index in [0.717, 1.165) is 36.1 Å². The summed E-state index contributed by atoms with van der Waals surface area (Å²) in [7, 11) is 1.76. The summed E-state index contributed by atoms with van der Waals surface area (Å²) in [6.45, 7) is 8.52. The lowest BCUT2D eigenvalue weighted by Crippen LogP contribution is -2.39. The molecule has 1 atom stereocenters. The van der Waals surface area contributed by atoms with Crippen LogP contribution in [0.1, 0.15) is 32.9 Å². The molecule has 0 fully saturated rings. The number of hydrogen-bond donors (Lipinski definition) is 2. The van der Waals surface area contributed by atoms with Crippen LogP contribution >= 0.6 is 11.3 Å². The van der Waals surface area contributed by atoms with Crippen molar-refractivity contribution in [2.45, 2.75) is 39.8 Å². The van der Waals surface area contributed by atoms with Crippen LogP contribution in [0.15, 0.2) is 33.2 Å². The summed E-state index contributed by atoms with van der Waals surface area (Å²) in [5.41, 5.74) is 0.848. The third kappa shape index (κ3) is 6.17. The Kier molecular flexibility index (Phi) is 7.94. The zero-order valence-electron chi connectivity index (χ0n) is 15.4. The molecule has 25 heavy (non-hydrogen) atoms. The minimum Gasteiger partial charge on any atom is -0.443 e. The normalized spacial score (nSPS) is 13.2. The van der Waals surface area contributed by atoms with Crippen LogP contribution in [0.4, 0.5) is 0 Å². The lowest BCUT2D eigenvalue weighted by molar-refractivity contribution is 0.0258. The van der Waals surface area contributed by atoms with Crippen molar-refractivity contribution in [3.63, 3.8) is 0 Å². The molecule has 0 aliphatic rings. The average molecular weight is 365 g/mol. The maximum atomic E-state index is 5.76. The molecule has 138 valence electrons. The molecule has 2 N–H and O–H groups in total. The molecule has 1 unspecified atom stereocenters. The van der Waals surface area contributed by atoms with Crippen molar-refractivity contribution in [2.24, 2.45) is 10.9 Å². The van der Waals surface area contributed by atoms with Crippen molar-refractivity contribution in [1.82, 2.24) is 15.6 Å². The molecule has 0 aromatic carbocycles. The molecule has 0 aliphatic heterocycles. The monoisotopic (exact) mass is 364 g/mol. The molecule has 0 saturated carbocycles. The van der Waals surface area contributed by atoms with E-state index >= 15 is 0 Å². The highest BCUT2D eigenvalue weighted by Gasteiger charge is 2.13. The van der Waals surface area contributed by atoms with Crippen LogP contribution in [-0.4, -0.2) is 37.2 Å². The van der Waals surface area contributed by atoms with E-state index in [9.17, 15) is 0 Å². The van der Waals surface area contributed by atoms with Crippen molar-refractivity contribution in [1.29, 1.82) is 0 Å². The van der Waals surface area contributed by atoms with E-state index in [4.69, 9.17) is 9.15 Å². The number of rotatable bonds is 9. The molecule has 0 radical (unpaired) electrons. The van der Waals surface area contributed by atoms with Crippen molar-refractivity contribution >= 4 is 17.3 Å². The highest BCUT2D eigenvalue weighted by molar-refractivity contribution is 7.13. The first kappa shape index (κ1) is 19.5. The maximum Gasteiger partial charge on any atom is 0.236 e. The fourth-order valence-corrected chi connectivity index (χ4v) is 3.11. The van der Waals surface area contributed by atoms with Gasteiger partial charge in [0.25, 0.3) is 0 Å². The van der Waals surface area contributed by atoms with Gasteiger partial charge in [-0.3, -0.25) is 4.99 Å². The van der Waals surface area contributed by atoms with E-state index in [2.05, 4.69) is 34.5 Å². The summed E-state index contributed by atoms with van der Waals surface area (Å²) in [5.74, 6) is 1.91. The van der Waals surface area contributed by atoms with E-state index in [1.807, 2.05) is 24.4 Å².